The fraction of sp³-hybridized carbons (Fsp3) is 0.235. The van der Waals surface area contributed by atoms with E-state index in [9.17, 15) is 9.18 Å². The highest BCUT2D eigenvalue weighted by Crippen LogP contribution is 2.09. The van der Waals surface area contributed by atoms with Gasteiger partial charge in [-0.25, -0.2) is 4.39 Å². The molecule has 4 heteroatoms. The van der Waals surface area contributed by atoms with Gasteiger partial charge in [0.15, 0.2) is 0 Å². The number of aryl methyl sites for hydroxylation is 1. The highest BCUT2D eigenvalue weighted by atomic mass is 19.1. The van der Waals surface area contributed by atoms with Crippen molar-refractivity contribution in [3.63, 3.8) is 0 Å². The molecule has 0 saturated carbocycles. The van der Waals surface area contributed by atoms with Crippen LogP contribution in [0.1, 0.15) is 11.1 Å². The maximum atomic E-state index is 13.0. The van der Waals surface area contributed by atoms with Crippen molar-refractivity contribution < 1.29 is 9.18 Å². The number of carbonyl (C=O) groups excluding carboxylic acids is 1. The molecule has 0 aromatic heterocycles. The van der Waals surface area contributed by atoms with E-state index < -0.39 is 0 Å². The largest absolute Gasteiger partial charge is 0.325 e. The van der Waals surface area contributed by atoms with Crippen molar-refractivity contribution in [3.8, 4) is 0 Å². The summed E-state index contributed by atoms with van der Waals surface area (Å²) in [5.41, 5.74) is 3.00. The standard InChI is InChI=1S/C17H19FN2O/c1-13-5-2-3-6-14(13)9-10-19-12-17(21)20-16-8-4-7-15(18)11-16/h2-8,11,19H,9-10,12H2,1H3,(H,20,21). The van der Waals surface area contributed by atoms with Crippen LogP contribution in [0.4, 0.5) is 10.1 Å². The van der Waals surface area contributed by atoms with Crippen LogP contribution in [-0.2, 0) is 11.2 Å². The number of amides is 1. The van der Waals surface area contributed by atoms with E-state index in [0.29, 0.717) is 5.69 Å². The average molecular weight is 286 g/mol. The fourth-order valence-corrected chi connectivity index (χ4v) is 2.09. The zero-order valence-corrected chi connectivity index (χ0v) is 12.0. The SMILES string of the molecule is Cc1ccccc1CCNCC(=O)Nc1cccc(F)c1. The summed E-state index contributed by atoms with van der Waals surface area (Å²) in [6.07, 6.45) is 0.875. The molecule has 0 bridgehead atoms. The second kappa shape index (κ2) is 7.55. The van der Waals surface area contributed by atoms with E-state index >= 15 is 0 Å². The Bertz CT molecular complexity index is 613. The molecule has 2 aromatic rings. The van der Waals surface area contributed by atoms with Gasteiger partial charge in [-0.15, -0.1) is 0 Å². The zero-order chi connectivity index (χ0) is 15.1. The normalized spacial score (nSPS) is 10.4. The summed E-state index contributed by atoms with van der Waals surface area (Å²) in [6.45, 7) is 3.01. The lowest BCUT2D eigenvalue weighted by Crippen LogP contribution is -2.29. The van der Waals surface area contributed by atoms with E-state index in [-0.39, 0.29) is 18.3 Å². The first-order valence-electron chi connectivity index (χ1n) is 6.96. The first kappa shape index (κ1) is 15.2. The first-order chi connectivity index (χ1) is 10.1. The van der Waals surface area contributed by atoms with Gasteiger partial charge < -0.3 is 10.6 Å². The number of nitrogens with one attached hydrogen (secondary N) is 2. The van der Waals surface area contributed by atoms with Crippen LogP contribution >= 0.6 is 0 Å². The molecule has 0 aliphatic carbocycles. The van der Waals surface area contributed by atoms with Crippen molar-refractivity contribution in [2.45, 2.75) is 13.3 Å². The van der Waals surface area contributed by atoms with Crippen LogP contribution in [0.2, 0.25) is 0 Å². The average Bonchev–Trinajstić information content (AvgIpc) is 2.45. The number of hydrogen-bond acceptors (Lipinski definition) is 2. The van der Waals surface area contributed by atoms with Crippen LogP contribution in [0, 0.1) is 12.7 Å². The minimum Gasteiger partial charge on any atom is -0.325 e. The van der Waals surface area contributed by atoms with Crippen molar-refractivity contribution in [2.24, 2.45) is 0 Å². The summed E-state index contributed by atoms with van der Waals surface area (Å²) in [5, 5.41) is 5.74. The molecule has 0 heterocycles. The molecule has 0 aliphatic rings. The lowest BCUT2D eigenvalue weighted by atomic mass is 10.1. The number of halogens is 1. The van der Waals surface area contributed by atoms with Crippen LogP contribution in [-0.4, -0.2) is 19.0 Å². The van der Waals surface area contributed by atoms with Crippen LogP contribution in [0.25, 0.3) is 0 Å². The summed E-state index contributed by atoms with van der Waals surface area (Å²) in [4.78, 5) is 11.7. The van der Waals surface area contributed by atoms with Crippen LogP contribution in [0.3, 0.4) is 0 Å². The second-order valence-electron chi connectivity index (χ2n) is 4.91. The molecule has 2 N–H and O–H groups in total. The molecule has 1 amide bonds. The lowest BCUT2D eigenvalue weighted by Gasteiger charge is -2.08. The molecular weight excluding hydrogens is 267 g/mol. The van der Waals surface area contributed by atoms with Crippen molar-refractivity contribution in [1.82, 2.24) is 5.32 Å². The van der Waals surface area contributed by atoms with Crippen molar-refractivity contribution in [1.29, 1.82) is 0 Å². The Morgan fingerprint density at radius 2 is 1.95 bits per heavy atom. The third-order valence-corrected chi connectivity index (χ3v) is 3.23. The van der Waals surface area contributed by atoms with Crippen LogP contribution in [0.5, 0.6) is 0 Å². The highest BCUT2D eigenvalue weighted by Gasteiger charge is 2.03. The minimum absolute atomic E-state index is 0.176. The summed E-state index contributed by atoms with van der Waals surface area (Å²) in [7, 11) is 0. The van der Waals surface area contributed by atoms with Gasteiger partial charge in [0.05, 0.1) is 6.54 Å². The Morgan fingerprint density at radius 3 is 2.71 bits per heavy atom. The van der Waals surface area contributed by atoms with Gasteiger partial charge in [0.25, 0.3) is 0 Å². The van der Waals surface area contributed by atoms with E-state index in [4.69, 9.17) is 0 Å². The van der Waals surface area contributed by atoms with Gasteiger partial charge in [-0.05, 0) is 49.2 Å². The number of rotatable bonds is 6. The highest BCUT2D eigenvalue weighted by molar-refractivity contribution is 5.92. The van der Waals surface area contributed by atoms with E-state index in [2.05, 4.69) is 29.7 Å². The Hall–Kier alpha value is -2.20. The van der Waals surface area contributed by atoms with Crippen molar-refractivity contribution in [2.75, 3.05) is 18.4 Å². The van der Waals surface area contributed by atoms with E-state index in [1.54, 1.807) is 12.1 Å². The first-order valence-corrected chi connectivity index (χ1v) is 6.96. The van der Waals surface area contributed by atoms with Gasteiger partial charge in [0.1, 0.15) is 5.82 Å². The van der Waals surface area contributed by atoms with Gasteiger partial charge in [-0.3, -0.25) is 4.79 Å². The third kappa shape index (κ3) is 5.00. The topological polar surface area (TPSA) is 41.1 Å². The van der Waals surface area contributed by atoms with Crippen LogP contribution in [0.15, 0.2) is 48.5 Å². The summed E-state index contributed by atoms with van der Waals surface area (Å²) >= 11 is 0. The maximum Gasteiger partial charge on any atom is 0.238 e. The van der Waals surface area contributed by atoms with E-state index in [0.717, 1.165) is 13.0 Å². The van der Waals surface area contributed by atoms with E-state index in [1.165, 1.54) is 23.3 Å². The molecule has 2 rings (SSSR count). The molecular formula is C17H19FN2O. The van der Waals surface area contributed by atoms with Crippen molar-refractivity contribution >= 4 is 11.6 Å². The molecule has 2 aromatic carbocycles. The quantitative estimate of drug-likeness (QED) is 0.802. The summed E-state index contributed by atoms with van der Waals surface area (Å²) in [5.74, 6) is -0.536. The smallest absolute Gasteiger partial charge is 0.238 e. The predicted octanol–water partition coefficient (Wildman–Crippen LogP) is 2.90. The number of benzene rings is 2. The number of hydrogen-bond donors (Lipinski definition) is 2. The van der Waals surface area contributed by atoms with Gasteiger partial charge in [0.2, 0.25) is 5.91 Å². The molecule has 21 heavy (non-hydrogen) atoms. The Morgan fingerprint density at radius 1 is 1.14 bits per heavy atom. The molecule has 0 fully saturated rings. The van der Waals surface area contributed by atoms with Gasteiger partial charge >= 0.3 is 0 Å². The Balaban J connectivity index is 1.71. The molecule has 0 unspecified atom stereocenters. The minimum atomic E-state index is -0.361. The lowest BCUT2D eigenvalue weighted by molar-refractivity contribution is -0.115. The second-order valence-corrected chi connectivity index (χ2v) is 4.91. The zero-order valence-electron chi connectivity index (χ0n) is 12.0. The third-order valence-electron chi connectivity index (χ3n) is 3.23. The van der Waals surface area contributed by atoms with Crippen LogP contribution < -0.4 is 10.6 Å². The van der Waals surface area contributed by atoms with Gasteiger partial charge in [-0.1, -0.05) is 30.3 Å². The molecule has 0 aliphatic heterocycles. The monoisotopic (exact) mass is 286 g/mol. The Kier molecular flexibility index (Phi) is 5.46. The summed E-state index contributed by atoms with van der Waals surface area (Å²) in [6, 6.07) is 14.1. The molecule has 0 atom stereocenters. The molecule has 3 nitrogen and oxygen atoms in total. The number of anilines is 1. The number of carbonyl (C=O) groups is 1. The van der Waals surface area contributed by atoms with Crippen molar-refractivity contribution in [3.05, 3.63) is 65.5 Å². The van der Waals surface area contributed by atoms with Gasteiger partial charge in [-0.2, -0.15) is 0 Å². The summed E-state index contributed by atoms with van der Waals surface area (Å²) < 4.78 is 13.0. The van der Waals surface area contributed by atoms with Gasteiger partial charge in [0, 0.05) is 5.69 Å². The fourth-order valence-electron chi connectivity index (χ4n) is 2.09. The predicted molar refractivity (Wildman–Crippen MR) is 82.8 cm³/mol. The molecule has 110 valence electrons. The molecule has 0 spiro atoms. The molecule has 0 radical (unpaired) electrons. The molecule has 0 saturated heterocycles. The Labute approximate surface area is 124 Å². The van der Waals surface area contributed by atoms with E-state index in [1.807, 2.05) is 12.1 Å². The maximum absolute atomic E-state index is 13.0.